The van der Waals surface area contributed by atoms with Crippen molar-refractivity contribution in [3.8, 4) is 6.07 Å². The Morgan fingerprint density at radius 2 is 2.00 bits per heavy atom. The van der Waals surface area contributed by atoms with Crippen molar-refractivity contribution < 1.29 is 0 Å². The van der Waals surface area contributed by atoms with Crippen LogP contribution in [0.4, 0.5) is 5.82 Å². The zero-order valence-corrected chi connectivity index (χ0v) is 11.5. The zero-order chi connectivity index (χ0) is 13.3. The molecule has 0 amide bonds. The molecule has 0 radical (unpaired) electrons. The standard InChI is InChI=1S/C14H20N4/c1-5-9-10(8-15)13(18-17-11(9)6-2)16-12-7-14(12,3)4/h12H,5-7H2,1-4H3,(H,16,18). The second kappa shape index (κ2) is 4.56. The van der Waals surface area contributed by atoms with Crippen LogP contribution in [0.3, 0.4) is 0 Å². The first-order valence-corrected chi connectivity index (χ1v) is 6.58. The SMILES string of the molecule is CCc1nnc(NC2CC2(C)C)c(C#N)c1CC. The number of rotatable bonds is 4. The maximum absolute atomic E-state index is 9.36. The van der Waals surface area contributed by atoms with Crippen LogP contribution in [0.1, 0.15) is 50.9 Å². The molecule has 1 atom stereocenters. The molecule has 0 aromatic carbocycles. The lowest BCUT2D eigenvalue weighted by molar-refractivity contribution is 0.629. The highest BCUT2D eigenvalue weighted by Crippen LogP contribution is 2.46. The van der Waals surface area contributed by atoms with Gasteiger partial charge >= 0.3 is 0 Å². The average Bonchev–Trinajstić information content (AvgIpc) is 2.95. The third-order valence-corrected chi connectivity index (χ3v) is 3.78. The van der Waals surface area contributed by atoms with Crippen molar-refractivity contribution in [1.82, 2.24) is 10.2 Å². The first-order valence-electron chi connectivity index (χ1n) is 6.58. The second-order valence-electron chi connectivity index (χ2n) is 5.56. The minimum absolute atomic E-state index is 0.310. The lowest BCUT2D eigenvalue weighted by Gasteiger charge is -2.12. The van der Waals surface area contributed by atoms with Crippen LogP contribution in [0.25, 0.3) is 0 Å². The summed E-state index contributed by atoms with van der Waals surface area (Å²) in [7, 11) is 0. The summed E-state index contributed by atoms with van der Waals surface area (Å²) >= 11 is 0. The molecule has 96 valence electrons. The van der Waals surface area contributed by atoms with Crippen molar-refractivity contribution >= 4 is 5.82 Å². The van der Waals surface area contributed by atoms with Crippen molar-refractivity contribution in [2.45, 2.75) is 53.0 Å². The molecule has 4 heteroatoms. The van der Waals surface area contributed by atoms with Crippen LogP contribution >= 0.6 is 0 Å². The normalized spacial score (nSPS) is 20.3. The quantitative estimate of drug-likeness (QED) is 0.884. The molecule has 1 N–H and O–H groups in total. The molecule has 18 heavy (non-hydrogen) atoms. The highest BCUT2D eigenvalue weighted by atomic mass is 15.2. The molecule has 1 aliphatic carbocycles. The molecule has 1 saturated carbocycles. The summed E-state index contributed by atoms with van der Waals surface area (Å²) in [5, 5.41) is 21.1. The average molecular weight is 244 g/mol. The number of nitrogens with one attached hydrogen (secondary N) is 1. The van der Waals surface area contributed by atoms with E-state index in [-0.39, 0.29) is 0 Å². The minimum Gasteiger partial charge on any atom is -0.364 e. The Labute approximate surface area is 108 Å². The highest BCUT2D eigenvalue weighted by molar-refractivity contribution is 5.57. The number of aryl methyl sites for hydroxylation is 1. The zero-order valence-electron chi connectivity index (χ0n) is 11.5. The fraction of sp³-hybridized carbons (Fsp3) is 0.643. The Morgan fingerprint density at radius 1 is 1.33 bits per heavy atom. The van der Waals surface area contributed by atoms with Gasteiger partial charge in [-0.3, -0.25) is 0 Å². The summed E-state index contributed by atoms with van der Waals surface area (Å²) in [6.45, 7) is 8.53. The van der Waals surface area contributed by atoms with Crippen LogP contribution in [0.15, 0.2) is 0 Å². The van der Waals surface area contributed by atoms with Gasteiger partial charge in [0.15, 0.2) is 5.82 Å². The topological polar surface area (TPSA) is 61.6 Å². The molecule has 1 aromatic heterocycles. The van der Waals surface area contributed by atoms with Crippen molar-refractivity contribution in [3.63, 3.8) is 0 Å². The summed E-state index contributed by atoms with van der Waals surface area (Å²) in [5.41, 5.74) is 2.96. The van der Waals surface area contributed by atoms with Crippen LogP contribution < -0.4 is 5.32 Å². The number of anilines is 1. The Kier molecular flexibility index (Phi) is 3.25. The fourth-order valence-electron chi connectivity index (χ4n) is 2.27. The Morgan fingerprint density at radius 3 is 2.44 bits per heavy atom. The number of nitriles is 1. The van der Waals surface area contributed by atoms with Gasteiger partial charge in [0, 0.05) is 6.04 Å². The van der Waals surface area contributed by atoms with Gasteiger partial charge in [-0.2, -0.15) is 10.4 Å². The van der Waals surface area contributed by atoms with Crippen molar-refractivity contribution in [2.24, 2.45) is 5.41 Å². The van der Waals surface area contributed by atoms with Gasteiger partial charge in [-0.15, -0.1) is 5.10 Å². The molecule has 0 bridgehead atoms. The summed E-state index contributed by atoms with van der Waals surface area (Å²) in [6, 6.07) is 2.70. The van der Waals surface area contributed by atoms with Gasteiger partial charge in [-0.1, -0.05) is 27.7 Å². The van der Waals surface area contributed by atoms with E-state index in [4.69, 9.17) is 0 Å². The van der Waals surface area contributed by atoms with E-state index >= 15 is 0 Å². The van der Waals surface area contributed by atoms with Crippen LogP contribution in [0.5, 0.6) is 0 Å². The van der Waals surface area contributed by atoms with Gasteiger partial charge in [0.2, 0.25) is 0 Å². The molecular formula is C14H20N4. The first-order chi connectivity index (χ1) is 8.53. The van der Waals surface area contributed by atoms with E-state index in [1.54, 1.807) is 0 Å². The predicted octanol–water partition coefficient (Wildman–Crippen LogP) is 2.68. The highest BCUT2D eigenvalue weighted by Gasteiger charge is 2.46. The maximum atomic E-state index is 9.36. The van der Waals surface area contributed by atoms with Gasteiger partial charge in [-0.25, -0.2) is 0 Å². The summed E-state index contributed by atoms with van der Waals surface area (Å²) < 4.78 is 0. The van der Waals surface area contributed by atoms with E-state index in [1.165, 1.54) is 0 Å². The van der Waals surface area contributed by atoms with Crippen LogP contribution in [-0.2, 0) is 12.8 Å². The smallest absolute Gasteiger partial charge is 0.167 e. The lowest BCUT2D eigenvalue weighted by Crippen LogP contribution is -2.14. The summed E-state index contributed by atoms with van der Waals surface area (Å²) in [6.07, 6.45) is 2.76. The van der Waals surface area contributed by atoms with Crippen LogP contribution in [0, 0.1) is 16.7 Å². The van der Waals surface area contributed by atoms with Gasteiger partial charge < -0.3 is 5.32 Å². The molecule has 0 spiro atoms. The summed E-state index contributed by atoms with van der Waals surface area (Å²) in [5.74, 6) is 0.655. The number of aromatic nitrogens is 2. The third kappa shape index (κ3) is 2.17. The maximum Gasteiger partial charge on any atom is 0.167 e. The van der Waals surface area contributed by atoms with E-state index < -0.39 is 0 Å². The first kappa shape index (κ1) is 12.8. The van der Waals surface area contributed by atoms with E-state index in [2.05, 4.69) is 42.4 Å². The number of hydrogen-bond donors (Lipinski definition) is 1. The molecule has 1 fully saturated rings. The van der Waals surface area contributed by atoms with E-state index in [0.717, 1.165) is 30.5 Å². The van der Waals surface area contributed by atoms with Crippen molar-refractivity contribution in [1.29, 1.82) is 5.26 Å². The number of hydrogen-bond acceptors (Lipinski definition) is 4. The van der Waals surface area contributed by atoms with Crippen molar-refractivity contribution in [2.75, 3.05) is 5.32 Å². The molecule has 1 unspecified atom stereocenters. The summed E-state index contributed by atoms with van der Waals surface area (Å²) in [4.78, 5) is 0. The Hall–Kier alpha value is -1.63. The van der Waals surface area contributed by atoms with E-state index in [9.17, 15) is 5.26 Å². The predicted molar refractivity (Wildman–Crippen MR) is 71.3 cm³/mol. The molecule has 0 saturated heterocycles. The third-order valence-electron chi connectivity index (χ3n) is 3.78. The van der Waals surface area contributed by atoms with Crippen molar-refractivity contribution in [3.05, 3.63) is 16.8 Å². The Balaban J connectivity index is 2.34. The molecule has 1 aliphatic rings. The van der Waals surface area contributed by atoms with Crippen LogP contribution in [-0.4, -0.2) is 16.2 Å². The molecule has 0 aliphatic heterocycles. The monoisotopic (exact) mass is 244 g/mol. The van der Waals surface area contributed by atoms with E-state index in [0.29, 0.717) is 22.8 Å². The minimum atomic E-state index is 0.310. The molecule has 2 rings (SSSR count). The van der Waals surface area contributed by atoms with Gasteiger partial charge in [0.05, 0.1) is 5.69 Å². The van der Waals surface area contributed by atoms with Gasteiger partial charge in [-0.05, 0) is 30.2 Å². The number of nitrogens with zero attached hydrogens (tertiary/aromatic N) is 3. The van der Waals surface area contributed by atoms with Gasteiger partial charge in [0.25, 0.3) is 0 Å². The van der Waals surface area contributed by atoms with Crippen LogP contribution in [0.2, 0.25) is 0 Å². The molecule has 1 aromatic rings. The second-order valence-corrected chi connectivity index (χ2v) is 5.56. The molecular weight excluding hydrogens is 224 g/mol. The fourth-order valence-corrected chi connectivity index (χ4v) is 2.27. The Bertz CT molecular complexity index is 499. The lowest BCUT2D eigenvalue weighted by atomic mass is 10.0. The van der Waals surface area contributed by atoms with Gasteiger partial charge in [0.1, 0.15) is 11.6 Å². The molecule has 1 heterocycles. The van der Waals surface area contributed by atoms with E-state index in [1.807, 2.05) is 6.92 Å². The molecule has 4 nitrogen and oxygen atoms in total. The largest absolute Gasteiger partial charge is 0.364 e.